The monoisotopic (exact) mass is 2070 g/mol. The molecule has 2 aromatic heterocycles. The van der Waals surface area contributed by atoms with Crippen molar-refractivity contribution in [2.75, 3.05) is 129 Å². The van der Waals surface area contributed by atoms with E-state index in [9.17, 15) is 68.7 Å². The lowest BCUT2D eigenvalue weighted by atomic mass is 9.90. The molecule has 1 unspecified atom stereocenters. The van der Waals surface area contributed by atoms with Gasteiger partial charge in [-0.25, -0.2) is 0 Å². The number of aliphatic hydroxyl groups is 1. The smallest absolute Gasteiger partial charge is 0.317 e. The number of aliphatic carboxylic acids is 4. The van der Waals surface area contributed by atoms with Gasteiger partial charge in [0.2, 0.25) is 88.6 Å². The normalized spacial score (nSPS) is 22.1. The number of carboxylic acids is 4. The second-order valence-electron chi connectivity index (χ2n) is 37.4. The van der Waals surface area contributed by atoms with Crippen molar-refractivity contribution in [3.63, 3.8) is 0 Å². The van der Waals surface area contributed by atoms with E-state index < -0.39 is 254 Å². The van der Waals surface area contributed by atoms with Crippen LogP contribution in [0.4, 0.5) is 0 Å². The molecule has 0 bridgehead atoms. The highest BCUT2D eigenvalue weighted by molar-refractivity contribution is 8.76. The van der Waals surface area contributed by atoms with Crippen LogP contribution in [0.5, 0.6) is 0 Å². The molecule has 5 fully saturated rings. The van der Waals surface area contributed by atoms with Gasteiger partial charge in [-0.15, -0.1) is 0 Å². The van der Waals surface area contributed by atoms with Gasteiger partial charge in [-0.3, -0.25) is 111 Å². The highest BCUT2D eigenvalue weighted by Crippen LogP contribution is 2.30. The fraction of sp³-hybridized carbons (Fsp3) is 0.536. The van der Waals surface area contributed by atoms with Gasteiger partial charge in [-0.2, -0.15) is 0 Å². The van der Waals surface area contributed by atoms with Crippen molar-refractivity contribution in [1.29, 1.82) is 0 Å². The number of H-pyrrole nitrogens is 2. The molecule has 5 saturated heterocycles. The number of nitrogens with two attached hydrogens (primary N) is 2. The maximum Gasteiger partial charge on any atom is 0.317 e. The molecule has 0 spiro atoms. The van der Waals surface area contributed by atoms with Crippen LogP contribution in [0.25, 0.3) is 32.6 Å². The summed E-state index contributed by atoms with van der Waals surface area (Å²) >= 11 is 0. The van der Waals surface area contributed by atoms with Crippen molar-refractivity contribution >= 4 is 167 Å². The fourth-order valence-electron chi connectivity index (χ4n) is 18.6. The number of carbonyl (C=O) groups is 19. The lowest BCUT2D eigenvalue weighted by molar-refractivity contribution is -0.142. The Balaban J connectivity index is 0.948. The van der Waals surface area contributed by atoms with E-state index in [1.54, 1.807) is 117 Å². The van der Waals surface area contributed by atoms with Gasteiger partial charge in [0.1, 0.15) is 72.5 Å². The number of aromatic nitrogens is 2. The van der Waals surface area contributed by atoms with Gasteiger partial charge in [0.15, 0.2) is 0 Å². The zero-order valence-corrected chi connectivity index (χ0v) is 83.0. The summed E-state index contributed by atoms with van der Waals surface area (Å²) in [5.41, 5.74) is 14.7. The molecule has 0 saturated carbocycles. The minimum Gasteiger partial charge on any atom is -0.481 e. The van der Waals surface area contributed by atoms with Gasteiger partial charge in [0.05, 0.1) is 45.1 Å². The average molecular weight is 2070 g/mol. The Morgan fingerprint density at radius 2 is 1.03 bits per heavy atom. The van der Waals surface area contributed by atoms with E-state index in [0.717, 1.165) is 37.9 Å². The van der Waals surface area contributed by atoms with E-state index in [1.165, 1.54) is 18.7 Å². The molecule has 0 aliphatic carbocycles. The Hall–Kier alpha value is -13.4. The maximum atomic E-state index is 15.9. The first kappa shape index (κ1) is 113. The van der Waals surface area contributed by atoms with Crippen LogP contribution in [0.2, 0.25) is 0 Å². The standard InChI is InChI=1S/C97H132N22O25S2/c1-55(120)84(113-92(138)71(104-56(2)121)43-62-47-102-66-16-7-5-14-64(62)66)95(141)114-85(60-24-38-144-39-25-60)96(142)112-76-54-146-145-53-75(94(140)110-74(97(143)119-29-11-19-77(119)86(99)132)44-63-48-103-67-17-8-6-15-65(63)67)111-91(137)73(46-80(124)125)109-87(133)68(18-9-10-26-101-79(123)49-115-30-32-116(50-81(126)127)34-36-118(52-83(130)131)37-35-117(33-31-115)51-82(128)129)105-88(134)70(42-58-20-21-59-12-3-4-13-61(59)40-58)106-90(136)72(45-78(98)122)108-89(135)69(107-93(76)139)41-57-22-27-100-28-23-57/h3-8,12-17,20-21,40,47-48,55,57,60,68-77,84-85,100,102-103,120H,9-11,18-19,22-39,41-46,49-54H2,1-2H3,(H2,98,122)(H2,99,132)(H,101,123)(H,104,121)(H,105,134)(H,106,136)(H,107,139)(H,108,135)(H,109,133)(H,110,140)(H,111,137)(H,112,142)(H,113,138)(H,114,141)(H,124,125)(H,126,127)(H,128,129)(H,130,131)/t55-,68+,69?,70+,71+,72+,73+,74+,75+,76+,77+,84+,85+/m1/s1. The zero-order valence-electron chi connectivity index (χ0n) is 81.3. The van der Waals surface area contributed by atoms with E-state index in [2.05, 4.69) is 79.1 Å². The molecule has 49 heteroatoms. The summed E-state index contributed by atoms with van der Waals surface area (Å²) in [4.78, 5) is 286. The van der Waals surface area contributed by atoms with Crippen molar-refractivity contribution in [1.82, 2.24) is 104 Å². The molecule has 13 atom stereocenters. The minimum atomic E-state index is -2.18. The number of piperidine rings is 1. The molecule has 146 heavy (non-hydrogen) atoms. The van der Waals surface area contributed by atoms with Crippen molar-refractivity contribution < 1.29 is 121 Å². The van der Waals surface area contributed by atoms with Gasteiger partial charge in [0.25, 0.3) is 0 Å². The van der Waals surface area contributed by atoms with Crippen molar-refractivity contribution in [2.24, 2.45) is 23.3 Å². The van der Waals surface area contributed by atoms with Gasteiger partial charge in [0, 0.05) is 151 Å². The van der Waals surface area contributed by atoms with Crippen LogP contribution in [0.15, 0.2) is 103 Å². The molecule has 24 N–H and O–H groups in total. The summed E-state index contributed by atoms with van der Waals surface area (Å²) in [6, 6.07) is 5.76. The number of aliphatic hydroxyl groups excluding tert-OH is 1. The number of ether oxygens (including phenoxy) is 1. The van der Waals surface area contributed by atoms with Crippen LogP contribution in [0.1, 0.15) is 108 Å². The summed E-state index contributed by atoms with van der Waals surface area (Å²) < 4.78 is 5.71. The first-order valence-electron chi connectivity index (χ1n) is 48.9. The molecular weight excluding hydrogens is 1940 g/mol. The number of para-hydroxylation sites is 2. The first-order chi connectivity index (χ1) is 69.9. The number of benzene rings is 4. The van der Waals surface area contributed by atoms with Gasteiger partial charge < -0.3 is 126 Å². The number of aromatic amines is 2. The zero-order chi connectivity index (χ0) is 105. The molecule has 5 aliphatic heterocycles. The van der Waals surface area contributed by atoms with Gasteiger partial charge in [-0.1, -0.05) is 100 Å². The SMILES string of the molecule is CC(=O)N[C@@H](Cc1c[nH]c2ccccc12)C(=O)N[C@H](C(=O)N[C@H](C(=O)N[C@H]1CSSC[C@@H](C(=O)N[C@@H](Cc2c[nH]c3ccccc23)C(=O)N2CCC[C@H]2C(N)=O)NC(=O)[C@H](CC(=O)O)NC(=O)[C@H](CCCCNC(=O)CN2CCN(CC(=O)O)CCN(CC(=O)O)CCN(CC(=O)O)CC2)NC(=O)[C@H](Cc2ccc3ccccc3c2)NC(=O)[C@H](CC(N)=O)NC(=O)C(CC2CCNCC2)NC1=O)C1CCOCC1)[C@@H](C)O. The Bertz CT molecular complexity index is 5610. The predicted octanol–water partition coefficient (Wildman–Crippen LogP) is -3.64. The predicted molar refractivity (Wildman–Crippen MR) is 534 cm³/mol. The van der Waals surface area contributed by atoms with Crippen molar-refractivity contribution in [3.8, 4) is 0 Å². The number of carboxylic acid groups (broad SMARTS) is 4. The van der Waals surface area contributed by atoms with Crippen LogP contribution in [0, 0.1) is 11.8 Å². The summed E-state index contributed by atoms with van der Waals surface area (Å²) in [6.07, 6.45) is -0.407. The first-order valence-corrected chi connectivity index (χ1v) is 51.4. The lowest BCUT2D eigenvalue weighted by Crippen LogP contribution is -2.63. The number of carbonyl (C=O) groups excluding carboxylic acids is 15. The topological polar surface area (TPSA) is 691 Å². The van der Waals surface area contributed by atoms with Crippen LogP contribution < -0.4 is 80.6 Å². The van der Waals surface area contributed by atoms with Crippen LogP contribution in [0.3, 0.4) is 0 Å². The van der Waals surface area contributed by atoms with E-state index >= 15 is 47.9 Å². The van der Waals surface area contributed by atoms with Crippen molar-refractivity contribution in [3.05, 3.63) is 120 Å². The van der Waals surface area contributed by atoms with E-state index in [-0.39, 0.29) is 142 Å². The minimum absolute atomic E-state index is 0.0203. The number of nitrogens with one attached hydrogen (secondary N) is 15. The molecule has 0 radical (unpaired) electrons. The second kappa shape index (κ2) is 55.8. The molecule has 47 nitrogen and oxygen atoms in total. The number of fused-ring (bicyclic) bond motifs is 3. The number of nitrogens with zero attached hydrogens (tertiary/aromatic N) is 5. The third-order valence-electron chi connectivity index (χ3n) is 26.4. The largest absolute Gasteiger partial charge is 0.481 e. The van der Waals surface area contributed by atoms with Crippen LogP contribution in [-0.4, -0.2) is 381 Å². The molecule has 7 heterocycles. The Kier molecular flexibility index (Phi) is 43.1. The molecular formula is C97H132N22O25S2. The number of hydrogen-bond acceptors (Lipinski definition) is 28. The lowest BCUT2D eigenvalue weighted by Gasteiger charge is -2.33. The summed E-state index contributed by atoms with van der Waals surface area (Å²) in [6.45, 7) is 2.55. The molecule has 11 rings (SSSR count). The highest BCUT2D eigenvalue weighted by atomic mass is 33.1. The van der Waals surface area contributed by atoms with Crippen LogP contribution >= 0.6 is 21.6 Å². The van der Waals surface area contributed by atoms with E-state index in [4.69, 9.17) is 16.2 Å². The molecule has 6 aromatic rings. The third kappa shape index (κ3) is 34.6. The number of primary amides is 2. The van der Waals surface area contributed by atoms with E-state index in [0.29, 0.717) is 65.3 Å². The third-order valence-corrected chi connectivity index (χ3v) is 28.8. The Morgan fingerprint density at radius 3 is 1.61 bits per heavy atom. The van der Waals surface area contributed by atoms with Crippen molar-refractivity contribution in [2.45, 2.75) is 189 Å². The summed E-state index contributed by atoms with van der Waals surface area (Å²) in [5, 5.41) is 89.5. The van der Waals surface area contributed by atoms with Gasteiger partial charge >= 0.3 is 23.9 Å². The summed E-state index contributed by atoms with van der Waals surface area (Å²) in [5.74, 6) is -22.7. The Labute approximate surface area is 848 Å². The van der Waals surface area contributed by atoms with Crippen LogP contribution in [-0.2, 0) is 115 Å². The highest BCUT2D eigenvalue weighted by Gasteiger charge is 2.44. The average Bonchev–Trinajstić information content (AvgIpc) is 1.54. The van der Waals surface area contributed by atoms with Gasteiger partial charge in [-0.05, 0) is 136 Å². The summed E-state index contributed by atoms with van der Waals surface area (Å²) in [7, 11) is 1.54. The fourth-order valence-corrected chi connectivity index (χ4v) is 21.0. The number of unbranched alkanes of at least 4 members (excludes halogenated alkanes) is 1. The second-order valence-corrected chi connectivity index (χ2v) is 40.0. The number of likely N-dealkylation sites (tertiary alicyclic amines) is 1. The number of amides is 15. The molecule has 15 amide bonds. The quantitative estimate of drug-likeness (QED) is 0.0131. The molecule has 792 valence electrons. The van der Waals surface area contributed by atoms with E-state index in [1.807, 2.05) is 6.07 Å². The molecule has 4 aromatic carbocycles. The number of rotatable bonds is 38. The maximum absolute atomic E-state index is 15.9. The Morgan fingerprint density at radius 1 is 0.514 bits per heavy atom. The molecule has 5 aliphatic rings. The number of hydrogen-bond donors (Lipinski definition) is 22.